The van der Waals surface area contributed by atoms with E-state index < -0.39 is 5.78 Å². The highest BCUT2D eigenvalue weighted by molar-refractivity contribution is 6.32. The molecule has 162 valence electrons. The number of halogens is 2. The summed E-state index contributed by atoms with van der Waals surface area (Å²) in [6, 6.07) is 8.98. The van der Waals surface area contributed by atoms with E-state index in [9.17, 15) is 20.1 Å². The van der Waals surface area contributed by atoms with Gasteiger partial charge < -0.3 is 20.6 Å². The van der Waals surface area contributed by atoms with Gasteiger partial charge in [0, 0.05) is 17.3 Å². The predicted molar refractivity (Wildman–Crippen MR) is 124 cm³/mol. The number of aliphatic hydroxyl groups is 1. The Balaban J connectivity index is 2.08. The van der Waals surface area contributed by atoms with Crippen LogP contribution in [0.2, 0.25) is 10.0 Å². The van der Waals surface area contributed by atoms with Gasteiger partial charge in [0.15, 0.2) is 0 Å². The topological polar surface area (TPSA) is 102 Å². The first-order valence-corrected chi connectivity index (χ1v) is 10.6. The van der Waals surface area contributed by atoms with Crippen LogP contribution in [-0.4, -0.2) is 26.8 Å². The minimum absolute atomic E-state index is 0.0664. The molecule has 0 aliphatic heterocycles. The molecule has 2 aromatic rings. The Morgan fingerprint density at radius 2 is 1.65 bits per heavy atom. The number of benzene rings is 2. The van der Waals surface area contributed by atoms with E-state index in [0.717, 1.165) is 25.3 Å². The maximum absolute atomic E-state index is 12.8. The molecule has 0 bridgehead atoms. The summed E-state index contributed by atoms with van der Waals surface area (Å²) >= 11 is 12.0. The van der Waals surface area contributed by atoms with Crippen molar-refractivity contribution in [3.8, 4) is 11.5 Å². The molecule has 0 unspecified atom stereocenters. The van der Waals surface area contributed by atoms with Crippen molar-refractivity contribution in [2.24, 2.45) is 4.99 Å². The molecule has 1 aliphatic carbocycles. The summed E-state index contributed by atoms with van der Waals surface area (Å²) in [5.41, 5.74) is 2.03. The quantitative estimate of drug-likeness (QED) is 0.216. The van der Waals surface area contributed by atoms with E-state index in [4.69, 9.17) is 23.2 Å². The van der Waals surface area contributed by atoms with Gasteiger partial charge in [0.05, 0.1) is 21.4 Å². The lowest BCUT2D eigenvalue weighted by molar-refractivity contribution is -0.111. The van der Waals surface area contributed by atoms with Crippen LogP contribution < -0.4 is 5.32 Å². The van der Waals surface area contributed by atoms with Gasteiger partial charge in [0.1, 0.15) is 23.0 Å². The lowest BCUT2D eigenvalue weighted by Crippen LogP contribution is -2.24. The lowest BCUT2D eigenvalue weighted by atomic mass is 9.92. The second-order valence-electron chi connectivity index (χ2n) is 7.09. The van der Waals surface area contributed by atoms with E-state index >= 15 is 0 Å². The molecule has 0 saturated heterocycles. The van der Waals surface area contributed by atoms with Gasteiger partial charge in [-0.2, -0.15) is 0 Å². The van der Waals surface area contributed by atoms with Crippen molar-refractivity contribution in [1.82, 2.24) is 0 Å². The first-order valence-electron chi connectivity index (χ1n) is 9.81. The van der Waals surface area contributed by atoms with Crippen LogP contribution in [0.4, 0.5) is 11.4 Å². The zero-order valence-corrected chi connectivity index (χ0v) is 18.3. The number of unbranched alkanes of at least 4 members (excludes halogenated alkanes) is 2. The number of rotatable bonds is 7. The van der Waals surface area contributed by atoms with E-state index in [1.54, 1.807) is 12.1 Å². The molecule has 8 heteroatoms. The first-order chi connectivity index (χ1) is 14.8. The van der Waals surface area contributed by atoms with Gasteiger partial charge in [-0.3, -0.25) is 4.79 Å². The largest absolute Gasteiger partial charge is 0.506 e. The van der Waals surface area contributed by atoms with Crippen molar-refractivity contribution in [1.29, 1.82) is 0 Å². The smallest absolute Gasteiger partial charge is 0.206 e. The van der Waals surface area contributed by atoms with Crippen LogP contribution in [0.25, 0.3) is 0 Å². The fraction of sp³-hybridized carbons (Fsp3) is 0.217. The van der Waals surface area contributed by atoms with Crippen LogP contribution in [0.5, 0.6) is 11.5 Å². The van der Waals surface area contributed by atoms with Crippen molar-refractivity contribution in [2.45, 2.75) is 32.6 Å². The summed E-state index contributed by atoms with van der Waals surface area (Å²) < 4.78 is 0. The minimum atomic E-state index is -0.393. The number of hydrogen-bond donors (Lipinski definition) is 4. The summed E-state index contributed by atoms with van der Waals surface area (Å²) in [5, 5.41) is 33.2. The van der Waals surface area contributed by atoms with Crippen LogP contribution in [0.3, 0.4) is 0 Å². The molecule has 2 aromatic carbocycles. The number of nitrogens with one attached hydrogen (secondary N) is 1. The third-order valence-electron chi connectivity index (χ3n) is 4.76. The number of phenols is 2. The van der Waals surface area contributed by atoms with Crippen LogP contribution in [0.1, 0.15) is 32.6 Å². The normalized spacial score (nSPS) is 15.4. The van der Waals surface area contributed by atoms with Crippen molar-refractivity contribution < 1.29 is 20.1 Å². The number of aliphatic imine (C=N–C) groups is 1. The van der Waals surface area contributed by atoms with E-state index in [0.29, 0.717) is 23.4 Å². The monoisotopic (exact) mass is 460 g/mol. The molecule has 0 fully saturated rings. The van der Waals surface area contributed by atoms with Crippen LogP contribution >= 0.6 is 23.2 Å². The molecule has 0 amide bonds. The molecule has 3 rings (SSSR count). The zero-order chi connectivity index (χ0) is 22.5. The number of hydrogen-bond acceptors (Lipinski definition) is 6. The first kappa shape index (κ1) is 22.7. The summed E-state index contributed by atoms with van der Waals surface area (Å²) in [6.07, 6.45) is 4.34. The van der Waals surface area contributed by atoms with Gasteiger partial charge in [0.25, 0.3) is 0 Å². The van der Waals surface area contributed by atoms with Gasteiger partial charge in [-0.15, -0.1) is 0 Å². The summed E-state index contributed by atoms with van der Waals surface area (Å²) in [5.74, 6) is -0.774. The third-order valence-corrected chi connectivity index (χ3v) is 5.37. The van der Waals surface area contributed by atoms with Gasteiger partial charge in [0.2, 0.25) is 5.78 Å². The molecule has 0 aromatic heterocycles. The maximum atomic E-state index is 12.8. The number of allylic oxidation sites excluding steroid dienone is 2. The number of ketones is 1. The van der Waals surface area contributed by atoms with Crippen molar-refractivity contribution in [3.63, 3.8) is 0 Å². The molecular weight excluding hydrogens is 439 g/mol. The number of aliphatic hydroxyl groups excluding tert-OH is 1. The molecule has 0 atom stereocenters. The molecule has 0 radical (unpaired) electrons. The Morgan fingerprint density at radius 3 is 2.29 bits per heavy atom. The number of nitrogens with zero attached hydrogens (tertiary/aromatic N) is 1. The van der Waals surface area contributed by atoms with Gasteiger partial charge in [-0.25, -0.2) is 4.99 Å². The molecule has 0 spiro atoms. The van der Waals surface area contributed by atoms with Gasteiger partial charge >= 0.3 is 0 Å². The third kappa shape index (κ3) is 5.40. The van der Waals surface area contributed by atoms with Gasteiger partial charge in [-0.1, -0.05) is 43.0 Å². The van der Waals surface area contributed by atoms with E-state index in [-0.39, 0.29) is 38.7 Å². The van der Waals surface area contributed by atoms with Crippen molar-refractivity contribution in [3.05, 3.63) is 69.5 Å². The molecular formula is C23H22Cl2N2O4. The average molecular weight is 461 g/mol. The molecule has 31 heavy (non-hydrogen) atoms. The van der Waals surface area contributed by atoms with Crippen LogP contribution in [-0.2, 0) is 4.79 Å². The number of carbonyl (C=O) groups is 1. The Morgan fingerprint density at radius 1 is 0.968 bits per heavy atom. The van der Waals surface area contributed by atoms with Crippen molar-refractivity contribution in [2.75, 3.05) is 5.32 Å². The number of aromatic hydroxyl groups is 2. The van der Waals surface area contributed by atoms with E-state index in [2.05, 4.69) is 17.2 Å². The Kier molecular flexibility index (Phi) is 7.25. The lowest BCUT2D eigenvalue weighted by Gasteiger charge is -2.21. The second kappa shape index (κ2) is 9.90. The fourth-order valence-electron chi connectivity index (χ4n) is 3.17. The molecule has 0 saturated carbocycles. The van der Waals surface area contributed by atoms with E-state index in [1.165, 1.54) is 24.3 Å². The standard InChI is InChI=1S/C23H22Cl2N2O4/c1-2-3-4-5-15-22(26-13-6-8-18(28)16(24)10-13)20(30)12-21(31)23(15)27-14-7-9-19(29)17(25)11-14/h6-12,26,28-29,31H,2-5H2,1H3/b27-23-. The van der Waals surface area contributed by atoms with Crippen LogP contribution in [0.15, 0.2) is 64.5 Å². The number of carbonyl (C=O) groups excluding carboxylic acids is 1. The Hall–Kier alpha value is -2.96. The number of anilines is 1. The zero-order valence-electron chi connectivity index (χ0n) is 16.8. The number of phenolic OH excluding ortho intramolecular Hbond substituents is 2. The summed E-state index contributed by atoms with van der Waals surface area (Å²) in [4.78, 5) is 17.3. The van der Waals surface area contributed by atoms with Crippen LogP contribution in [0, 0.1) is 0 Å². The second-order valence-corrected chi connectivity index (χ2v) is 7.91. The predicted octanol–water partition coefficient (Wildman–Crippen LogP) is 6.45. The SMILES string of the molecule is CCCCCC1=C(Nc2ccc(O)c(Cl)c2)C(=O)C=C(O)/C1=N\c1ccc(O)c(Cl)c1. The fourth-order valence-corrected chi connectivity index (χ4v) is 3.52. The van der Waals surface area contributed by atoms with E-state index in [1.807, 2.05) is 0 Å². The maximum Gasteiger partial charge on any atom is 0.206 e. The Labute approximate surface area is 190 Å². The van der Waals surface area contributed by atoms with Crippen molar-refractivity contribution >= 4 is 46.1 Å². The summed E-state index contributed by atoms with van der Waals surface area (Å²) in [7, 11) is 0. The average Bonchev–Trinajstić information content (AvgIpc) is 2.72. The minimum Gasteiger partial charge on any atom is -0.506 e. The Bertz CT molecular complexity index is 1110. The highest BCUT2D eigenvalue weighted by Crippen LogP contribution is 2.32. The highest BCUT2D eigenvalue weighted by Gasteiger charge is 2.27. The highest BCUT2D eigenvalue weighted by atomic mass is 35.5. The molecule has 6 nitrogen and oxygen atoms in total. The van der Waals surface area contributed by atoms with Gasteiger partial charge in [-0.05, 0) is 49.2 Å². The molecule has 0 heterocycles. The molecule has 1 aliphatic rings. The summed E-state index contributed by atoms with van der Waals surface area (Å²) in [6.45, 7) is 2.07. The molecule has 4 N–H and O–H groups in total.